The lowest BCUT2D eigenvalue weighted by Gasteiger charge is -2.19. The zero-order valence-electron chi connectivity index (χ0n) is 10.5. The van der Waals surface area contributed by atoms with Crippen molar-refractivity contribution in [2.75, 3.05) is 26.4 Å². The summed E-state index contributed by atoms with van der Waals surface area (Å²) in [6.45, 7) is 8.02. The second kappa shape index (κ2) is 7.60. The summed E-state index contributed by atoms with van der Waals surface area (Å²) in [7, 11) is 0. The van der Waals surface area contributed by atoms with Crippen LogP contribution in [0.2, 0.25) is 0 Å². The van der Waals surface area contributed by atoms with E-state index >= 15 is 0 Å². The van der Waals surface area contributed by atoms with Gasteiger partial charge in [0.05, 0.1) is 18.8 Å². The highest BCUT2D eigenvalue weighted by atomic mass is 16.5. The predicted molar refractivity (Wildman–Crippen MR) is 62.9 cm³/mol. The van der Waals surface area contributed by atoms with Crippen LogP contribution in [0.15, 0.2) is 0 Å². The van der Waals surface area contributed by atoms with Crippen molar-refractivity contribution in [3.05, 3.63) is 0 Å². The van der Waals surface area contributed by atoms with E-state index in [2.05, 4.69) is 13.8 Å². The summed E-state index contributed by atoms with van der Waals surface area (Å²) in [6, 6.07) is 0. The average Bonchev–Trinajstić information content (AvgIpc) is 2.15. The molecule has 0 fully saturated rings. The van der Waals surface area contributed by atoms with E-state index in [0.29, 0.717) is 32.2 Å². The van der Waals surface area contributed by atoms with Crippen LogP contribution in [0.5, 0.6) is 0 Å². The summed E-state index contributed by atoms with van der Waals surface area (Å²) in [5.41, 5.74) is 9.79. The molecule has 1 atom stereocenters. The Morgan fingerprint density at radius 1 is 1.25 bits per heavy atom. The molecule has 0 bridgehead atoms. The maximum atomic E-state index is 10.9. The van der Waals surface area contributed by atoms with E-state index in [1.807, 2.05) is 0 Å². The molecule has 5 heteroatoms. The minimum atomic E-state index is -0.987. The number of carbonyl (C=O) groups excluding carboxylic acids is 1. The maximum absolute atomic E-state index is 10.9. The molecule has 5 nitrogen and oxygen atoms in total. The van der Waals surface area contributed by atoms with Gasteiger partial charge in [-0.25, -0.2) is 0 Å². The number of primary amides is 1. The molecule has 0 heterocycles. The lowest BCUT2D eigenvalue weighted by molar-refractivity contribution is -0.123. The number of ether oxygens (including phenoxy) is 2. The predicted octanol–water partition coefficient (Wildman–Crippen LogP) is 0.268. The molecule has 0 radical (unpaired) electrons. The van der Waals surface area contributed by atoms with E-state index in [9.17, 15) is 4.79 Å². The average molecular weight is 232 g/mol. The third kappa shape index (κ3) is 7.62. The van der Waals surface area contributed by atoms with Crippen molar-refractivity contribution in [2.45, 2.75) is 32.7 Å². The van der Waals surface area contributed by atoms with Crippen molar-refractivity contribution in [3.63, 3.8) is 0 Å². The zero-order chi connectivity index (χ0) is 12.6. The van der Waals surface area contributed by atoms with E-state index in [4.69, 9.17) is 20.9 Å². The summed E-state index contributed by atoms with van der Waals surface area (Å²) < 4.78 is 10.6. The topological polar surface area (TPSA) is 87.6 Å². The SMILES string of the molecule is CC(C)COCCOCCC(C)(N)C(N)=O. The Hall–Kier alpha value is -0.650. The molecule has 1 unspecified atom stereocenters. The Morgan fingerprint density at radius 2 is 1.81 bits per heavy atom. The van der Waals surface area contributed by atoms with Crippen LogP contribution in [0.1, 0.15) is 27.2 Å². The van der Waals surface area contributed by atoms with Crippen LogP contribution in [0.3, 0.4) is 0 Å². The molecular weight excluding hydrogens is 208 g/mol. The first-order chi connectivity index (χ1) is 7.36. The quantitative estimate of drug-likeness (QED) is 0.558. The van der Waals surface area contributed by atoms with Crippen LogP contribution in [-0.2, 0) is 14.3 Å². The van der Waals surface area contributed by atoms with Crippen molar-refractivity contribution in [3.8, 4) is 0 Å². The van der Waals surface area contributed by atoms with Gasteiger partial charge in [0.15, 0.2) is 0 Å². The van der Waals surface area contributed by atoms with Crippen LogP contribution in [0.4, 0.5) is 0 Å². The highest BCUT2D eigenvalue weighted by molar-refractivity contribution is 5.83. The zero-order valence-corrected chi connectivity index (χ0v) is 10.5. The third-order valence-corrected chi connectivity index (χ3v) is 2.15. The van der Waals surface area contributed by atoms with E-state index < -0.39 is 11.4 Å². The highest BCUT2D eigenvalue weighted by Gasteiger charge is 2.24. The van der Waals surface area contributed by atoms with Gasteiger partial charge in [-0.05, 0) is 19.3 Å². The lowest BCUT2D eigenvalue weighted by atomic mass is 9.99. The normalized spacial score (nSPS) is 15.1. The van der Waals surface area contributed by atoms with Crippen molar-refractivity contribution in [2.24, 2.45) is 17.4 Å². The van der Waals surface area contributed by atoms with E-state index in [1.165, 1.54) is 0 Å². The number of rotatable bonds is 9. The Labute approximate surface area is 97.5 Å². The fourth-order valence-electron chi connectivity index (χ4n) is 0.946. The minimum absolute atomic E-state index is 0.418. The maximum Gasteiger partial charge on any atom is 0.237 e. The lowest BCUT2D eigenvalue weighted by Crippen LogP contribution is -2.50. The Kier molecular flexibility index (Phi) is 7.29. The summed E-state index contributed by atoms with van der Waals surface area (Å²) >= 11 is 0. The molecule has 0 aliphatic rings. The second-order valence-electron chi connectivity index (χ2n) is 4.61. The summed E-state index contributed by atoms with van der Waals surface area (Å²) in [6.07, 6.45) is 0.423. The van der Waals surface area contributed by atoms with Crippen LogP contribution >= 0.6 is 0 Å². The number of hydrogen-bond donors (Lipinski definition) is 2. The first-order valence-corrected chi connectivity index (χ1v) is 5.60. The first kappa shape index (κ1) is 15.3. The van der Waals surface area contributed by atoms with Crippen LogP contribution in [0, 0.1) is 5.92 Å². The molecular formula is C11H24N2O3. The molecule has 0 aliphatic carbocycles. The summed E-state index contributed by atoms with van der Waals surface area (Å²) in [5, 5.41) is 0. The van der Waals surface area contributed by atoms with Crippen LogP contribution in [-0.4, -0.2) is 37.9 Å². The smallest absolute Gasteiger partial charge is 0.237 e. The molecule has 0 aromatic heterocycles. The van der Waals surface area contributed by atoms with Gasteiger partial charge >= 0.3 is 0 Å². The van der Waals surface area contributed by atoms with Gasteiger partial charge in [-0.2, -0.15) is 0 Å². The number of hydrogen-bond acceptors (Lipinski definition) is 4. The standard InChI is InChI=1S/C11H24N2O3/c1-9(2)8-16-7-6-15-5-4-11(3,13)10(12)14/h9H,4-8,13H2,1-3H3,(H2,12,14). The second-order valence-corrected chi connectivity index (χ2v) is 4.61. The van der Waals surface area contributed by atoms with Gasteiger partial charge in [-0.1, -0.05) is 13.8 Å². The van der Waals surface area contributed by atoms with Crippen LogP contribution in [0.25, 0.3) is 0 Å². The van der Waals surface area contributed by atoms with Gasteiger partial charge < -0.3 is 20.9 Å². The van der Waals surface area contributed by atoms with Gasteiger partial charge in [0.1, 0.15) is 0 Å². The van der Waals surface area contributed by atoms with E-state index in [1.54, 1.807) is 6.92 Å². The highest BCUT2D eigenvalue weighted by Crippen LogP contribution is 2.04. The molecule has 0 aromatic carbocycles. The van der Waals surface area contributed by atoms with E-state index in [-0.39, 0.29) is 0 Å². The molecule has 16 heavy (non-hydrogen) atoms. The third-order valence-electron chi connectivity index (χ3n) is 2.15. The summed E-state index contributed by atoms with van der Waals surface area (Å²) in [4.78, 5) is 10.9. The Balaban J connectivity index is 3.37. The van der Waals surface area contributed by atoms with Crippen LogP contribution < -0.4 is 11.5 Å². The van der Waals surface area contributed by atoms with Gasteiger partial charge in [0.2, 0.25) is 5.91 Å². The molecule has 96 valence electrons. The number of amides is 1. The van der Waals surface area contributed by atoms with Crippen molar-refractivity contribution >= 4 is 5.91 Å². The Bertz CT molecular complexity index is 205. The van der Waals surface area contributed by atoms with Gasteiger partial charge in [-0.15, -0.1) is 0 Å². The molecule has 0 saturated heterocycles. The van der Waals surface area contributed by atoms with Crippen molar-refractivity contribution in [1.29, 1.82) is 0 Å². The van der Waals surface area contributed by atoms with Gasteiger partial charge in [0.25, 0.3) is 0 Å². The molecule has 4 N–H and O–H groups in total. The molecule has 0 spiro atoms. The number of carbonyl (C=O) groups is 1. The molecule has 0 saturated carbocycles. The fraction of sp³-hybridized carbons (Fsp3) is 0.909. The molecule has 0 rings (SSSR count). The monoisotopic (exact) mass is 232 g/mol. The van der Waals surface area contributed by atoms with Gasteiger partial charge in [-0.3, -0.25) is 4.79 Å². The molecule has 0 aliphatic heterocycles. The summed E-state index contributed by atoms with van der Waals surface area (Å²) in [5.74, 6) is 0.0225. The fourth-order valence-corrected chi connectivity index (χ4v) is 0.946. The Morgan fingerprint density at radius 3 is 2.31 bits per heavy atom. The van der Waals surface area contributed by atoms with Crippen molar-refractivity contribution in [1.82, 2.24) is 0 Å². The van der Waals surface area contributed by atoms with E-state index in [0.717, 1.165) is 6.61 Å². The number of nitrogens with two attached hydrogens (primary N) is 2. The molecule has 0 aromatic rings. The van der Waals surface area contributed by atoms with Gasteiger partial charge in [0, 0.05) is 13.2 Å². The minimum Gasteiger partial charge on any atom is -0.379 e. The first-order valence-electron chi connectivity index (χ1n) is 5.60. The van der Waals surface area contributed by atoms with Crippen molar-refractivity contribution < 1.29 is 14.3 Å². The molecule has 1 amide bonds. The largest absolute Gasteiger partial charge is 0.379 e.